The van der Waals surface area contributed by atoms with Gasteiger partial charge in [-0.2, -0.15) is 0 Å². The minimum Gasteiger partial charge on any atom is -0.472 e. The molecule has 3 rings (SSSR count). The van der Waals surface area contributed by atoms with Gasteiger partial charge >= 0.3 is 0 Å². The molecule has 17 heavy (non-hydrogen) atoms. The Morgan fingerprint density at radius 1 is 1.06 bits per heavy atom. The number of hydrogen-bond acceptors (Lipinski definition) is 3. The van der Waals surface area contributed by atoms with Crippen LogP contribution >= 0.6 is 27.3 Å². The lowest BCUT2D eigenvalue weighted by molar-refractivity contribution is 0.568. The summed E-state index contributed by atoms with van der Waals surface area (Å²) in [5, 5.41) is 3.07. The number of rotatable bonds is 2. The molecule has 0 bridgehead atoms. The Morgan fingerprint density at radius 3 is 2.59 bits per heavy atom. The van der Waals surface area contributed by atoms with Crippen LogP contribution < -0.4 is 0 Å². The van der Waals surface area contributed by atoms with Crippen LogP contribution in [-0.4, -0.2) is 4.98 Å². The van der Waals surface area contributed by atoms with Crippen molar-refractivity contribution in [2.24, 2.45) is 0 Å². The van der Waals surface area contributed by atoms with Crippen LogP contribution in [0.15, 0.2) is 57.1 Å². The van der Waals surface area contributed by atoms with Crippen LogP contribution in [0.4, 0.5) is 0 Å². The predicted octanol–water partition coefficient (Wildman–Crippen LogP) is 4.83. The summed E-state index contributed by atoms with van der Waals surface area (Å²) in [7, 11) is 0. The van der Waals surface area contributed by atoms with Gasteiger partial charge in [0.15, 0.2) is 0 Å². The monoisotopic (exact) mass is 305 g/mol. The van der Waals surface area contributed by atoms with Gasteiger partial charge in [0.1, 0.15) is 5.01 Å². The molecule has 0 atom stereocenters. The van der Waals surface area contributed by atoms with E-state index in [-0.39, 0.29) is 0 Å². The molecule has 0 aliphatic heterocycles. The second-order valence-corrected chi connectivity index (χ2v) is 5.33. The Bertz CT molecular complexity index is 613. The molecule has 0 fully saturated rings. The molecule has 0 amide bonds. The second kappa shape index (κ2) is 4.47. The molecule has 0 radical (unpaired) electrons. The highest BCUT2D eigenvalue weighted by molar-refractivity contribution is 9.10. The Hall–Kier alpha value is -1.39. The molecule has 0 aliphatic carbocycles. The van der Waals surface area contributed by atoms with Crippen LogP contribution in [0.2, 0.25) is 0 Å². The average Bonchev–Trinajstić information content (AvgIpc) is 3.00. The van der Waals surface area contributed by atoms with Crippen LogP contribution in [0.25, 0.3) is 21.8 Å². The predicted molar refractivity (Wildman–Crippen MR) is 73.0 cm³/mol. The molecule has 1 aromatic carbocycles. The first-order valence-corrected chi connectivity index (χ1v) is 6.74. The minimum atomic E-state index is 0.960. The first-order chi connectivity index (χ1) is 8.33. The van der Waals surface area contributed by atoms with E-state index in [1.54, 1.807) is 23.9 Å². The molecule has 0 saturated heterocycles. The standard InChI is InChI=1S/C13H8BrNOS/c14-11-3-1-9(2-4-11)13-15-12(8-17-13)10-5-6-16-7-10/h1-8H. The largest absolute Gasteiger partial charge is 0.472 e. The summed E-state index contributed by atoms with van der Waals surface area (Å²) >= 11 is 5.06. The van der Waals surface area contributed by atoms with E-state index in [9.17, 15) is 0 Å². The third-order valence-electron chi connectivity index (χ3n) is 2.41. The fraction of sp³-hybridized carbons (Fsp3) is 0. The fourth-order valence-corrected chi connectivity index (χ4v) is 2.64. The normalized spacial score (nSPS) is 10.6. The lowest BCUT2D eigenvalue weighted by Crippen LogP contribution is -1.77. The van der Waals surface area contributed by atoms with Gasteiger partial charge in [-0.3, -0.25) is 0 Å². The lowest BCUT2D eigenvalue weighted by Gasteiger charge is -1.95. The van der Waals surface area contributed by atoms with Crippen LogP contribution in [0.3, 0.4) is 0 Å². The molecule has 84 valence electrons. The van der Waals surface area contributed by atoms with E-state index in [0.29, 0.717) is 0 Å². The van der Waals surface area contributed by atoms with Crippen LogP contribution in [0.5, 0.6) is 0 Å². The van der Waals surface area contributed by atoms with E-state index in [0.717, 1.165) is 26.3 Å². The molecule has 0 unspecified atom stereocenters. The number of halogens is 1. The van der Waals surface area contributed by atoms with Crippen molar-refractivity contribution in [2.75, 3.05) is 0 Å². The summed E-state index contributed by atoms with van der Waals surface area (Å²) < 4.78 is 6.13. The highest BCUT2D eigenvalue weighted by atomic mass is 79.9. The molecule has 2 heterocycles. The van der Waals surface area contributed by atoms with E-state index < -0.39 is 0 Å². The average molecular weight is 306 g/mol. The summed E-state index contributed by atoms with van der Waals surface area (Å²) in [5.41, 5.74) is 3.11. The van der Waals surface area contributed by atoms with Gasteiger partial charge in [-0.15, -0.1) is 11.3 Å². The molecule has 0 spiro atoms. The van der Waals surface area contributed by atoms with Gasteiger partial charge in [-0.25, -0.2) is 4.98 Å². The highest BCUT2D eigenvalue weighted by Gasteiger charge is 2.07. The van der Waals surface area contributed by atoms with Crippen LogP contribution in [0, 0.1) is 0 Å². The summed E-state index contributed by atoms with van der Waals surface area (Å²) in [4.78, 5) is 4.60. The zero-order chi connectivity index (χ0) is 11.7. The van der Waals surface area contributed by atoms with E-state index in [2.05, 4.69) is 33.0 Å². The smallest absolute Gasteiger partial charge is 0.124 e. The Balaban J connectivity index is 1.98. The Labute approximate surface area is 111 Å². The lowest BCUT2D eigenvalue weighted by atomic mass is 10.2. The number of hydrogen-bond donors (Lipinski definition) is 0. The third-order valence-corrected chi connectivity index (χ3v) is 3.83. The van der Waals surface area contributed by atoms with E-state index >= 15 is 0 Å². The maximum atomic E-state index is 5.06. The molecular formula is C13H8BrNOS. The Kier molecular flexibility index (Phi) is 2.82. The Morgan fingerprint density at radius 2 is 1.88 bits per heavy atom. The SMILES string of the molecule is Brc1ccc(-c2nc(-c3ccoc3)cs2)cc1. The molecule has 2 aromatic heterocycles. The first-order valence-electron chi connectivity index (χ1n) is 5.07. The van der Waals surface area contributed by atoms with Crippen molar-refractivity contribution in [3.8, 4) is 21.8 Å². The summed E-state index contributed by atoms with van der Waals surface area (Å²) in [6.07, 6.45) is 3.37. The van der Waals surface area contributed by atoms with E-state index in [1.165, 1.54) is 0 Å². The van der Waals surface area contributed by atoms with Crippen LogP contribution in [0.1, 0.15) is 0 Å². The number of benzene rings is 1. The zero-order valence-electron chi connectivity index (χ0n) is 8.76. The van der Waals surface area contributed by atoms with E-state index in [1.807, 2.05) is 23.6 Å². The summed E-state index contributed by atoms with van der Waals surface area (Å²) in [6.45, 7) is 0. The maximum Gasteiger partial charge on any atom is 0.124 e. The van der Waals surface area contributed by atoms with Crippen molar-refractivity contribution in [3.05, 3.63) is 52.7 Å². The van der Waals surface area contributed by atoms with Gasteiger partial charge in [0.25, 0.3) is 0 Å². The van der Waals surface area contributed by atoms with Crippen molar-refractivity contribution >= 4 is 27.3 Å². The number of furan rings is 1. The number of nitrogens with zero attached hydrogens (tertiary/aromatic N) is 1. The number of aromatic nitrogens is 1. The molecule has 4 heteroatoms. The fourth-order valence-electron chi connectivity index (χ4n) is 1.54. The molecular weight excluding hydrogens is 298 g/mol. The van der Waals surface area contributed by atoms with Gasteiger partial charge in [0, 0.05) is 21.0 Å². The molecule has 0 saturated carbocycles. The van der Waals surface area contributed by atoms with Crippen molar-refractivity contribution in [3.63, 3.8) is 0 Å². The first kappa shape index (κ1) is 10.7. The van der Waals surface area contributed by atoms with Crippen molar-refractivity contribution < 1.29 is 4.42 Å². The summed E-state index contributed by atoms with van der Waals surface area (Å²) in [5.74, 6) is 0. The van der Waals surface area contributed by atoms with Crippen molar-refractivity contribution in [1.29, 1.82) is 0 Å². The topological polar surface area (TPSA) is 26.0 Å². The third kappa shape index (κ3) is 2.18. The quantitative estimate of drug-likeness (QED) is 0.677. The maximum absolute atomic E-state index is 5.06. The minimum absolute atomic E-state index is 0.960. The molecule has 2 nitrogen and oxygen atoms in total. The zero-order valence-corrected chi connectivity index (χ0v) is 11.2. The second-order valence-electron chi connectivity index (χ2n) is 3.56. The summed E-state index contributed by atoms with van der Waals surface area (Å²) in [6, 6.07) is 10.1. The van der Waals surface area contributed by atoms with Gasteiger partial charge in [-0.1, -0.05) is 28.1 Å². The van der Waals surface area contributed by atoms with Gasteiger partial charge in [-0.05, 0) is 18.2 Å². The van der Waals surface area contributed by atoms with Gasteiger partial charge in [0.2, 0.25) is 0 Å². The van der Waals surface area contributed by atoms with Crippen molar-refractivity contribution in [2.45, 2.75) is 0 Å². The van der Waals surface area contributed by atoms with Crippen molar-refractivity contribution in [1.82, 2.24) is 4.98 Å². The molecule has 3 aromatic rings. The van der Waals surface area contributed by atoms with E-state index in [4.69, 9.17) is 4.42 Å². The molecule has 0 N–H and O–H groups in total. The van der Waals surface area contributed by atoms with Crippen LogP contribution in [-0.2, 0) is 0 Å². The van der Waals surface area contributed by atoms with Gasteiger partial charge in [0.05, 0.1) is 18.2 Å². The molecule has 0 aliphatic rings. The highest BCUT2D eigenvalue weighted by Crippen LogP contribution is 2.29. The number of thiazole rings is 1. The van der Waals surface area contributed by atoms with Gasteiger partial charge < -0.3 is 4.42 Å².